The molecule has 4 heteroatoms. The molecule has 0 unspecified atom stereocenters. The highest BCUT2D eigenvalue weighted by Gasteiger charge is 1.99. The number of hydrogen-bond acceptors (Lipinski definition) is 3. The van der Waals surface area contributed by atoms with Crippen LogP contribution in [0.4, 0.5) is 5.82 Å². The summed E-state index contributed by atoms with van der Waals surface area (Å²) in [5, 5.41) is 0. The number of nitrogens with two attached hydrogens (primary N) is 1. The summed E-state index contributed by atoms with van der Waals surface area (Å²) in [6.45, 7) is 3.33. The third-order valence-corrected chi connectivity index (χ3v) is 1.31. The number of nitrogens with zero attached hydrogens (tertiary/aromatic N) is 1. The van der Waals surface area contributed by atoms with Crippen molar-refractivity contribution in [2.24, 2.45) is 0 Å². The number of H-pyrrole nitrogens is 1. The average molecular weight is 139 g/mol. The quantitative estimate of drug-likeness (QED) is 0.530. The highest BCUT2D eigenvalue weighted by atomic mass is 16.1. The summed E-state index contributed by atoms with van der Waals surface area (Å²) in [5.74, 6) is 0.856. The predicted octanol–water partition coefficient (Wildman–Crippen LogP) is -0.0311. The van der Waals surface area contributed by atoms with Crippen molar-refractivity contribution in [1.29, 1.82) is 0 Å². The Labute approximate surface area is 58.1 Å². The minimum atomic E-state index is -0.162. The van der Waals surface area contributed by atoms with Crippen LogP contribution in [-0.2, 0) is 0 Å². The maximum Gasteiger partial charge on any atom is 0.255 e. The Morgan fingerprint density at radius 1 is 1.50 bits per heavy atom. The van der Waals surface area contributed by atoms with Crippen LogP contribution in [0.5, 0.6) is 0 Å². The van der Waals surface area contributed by atoms with Crippen LogP contribution in [0.1, 0.15) is 11.4 Å². The molecule has 0 atom stereocenters. The van der Waals surface area contributed by atoms with Crippen LogP contribution in [0.3, 0.4) is 0 Å². The summed E-state index contributed by atoms with van der Waals surface area (Å²) in [6, 6.07) is 0. The van der Waals surface area contributed by atoms with Gasteiger partial charge in [-0.1, -0.05) is 0 Å². The van der Waals surface area contributed by atoms with Crippen LogP contribution in [-0.4, -0.2) is 9.97 Å². The number of rotatable bonds is 0. The highest BCUT2D eigenvalue weighted by molar-refractivity contribution is 5.35. The number of aryl methyl sites for hydroxylation is 1. The van der Waals surface area contributed by atoms with Gasteiger partial charge in [0.1, 0.15) is 11.6 Å². The zero-order valence-electron chi connectivity index (χ0n) is 5.93. The Kier molecular flexibility index (Phi) is 1.45. The number of aromatic amines is 1. The Balaban J connectivity index is 3.46. The maximum absolute atomic E-state index is 10.9. The van der Waals surface area contributed by atoms with Crippen molar-refractivity contribution in [2.45, 2.75) is 13.8 Å². The number of hydrogen-bond donors (Lipinski definition) is 2. The van der Waals surface area contributed by atoms with Gasteiger partial charge in [0.05, 0.1) is 5.56 Å². The molecule has 0 amide bonds. The molecule has 4 nitrogen and oxygen atoms in total. The van der Waals surface area contributed by atoms with Crippen molar-refractivity contribution in [3.63, 3.8) is 0 Å². The Hall–Kier alpha value is -1.32. The SMILES string of the molecule is Cc1nc(N)c(C)c(=O)[nH]1. The van der Waals surface area contributed by atoms with E-state index in [9.17, 15) is 4.79 Å². The standard InChI is InChI=1S/C6H9N3O/c1-3-5(7)8-4(2)9-6(3)10/h1-2H3,(H3,7,8,9,10). The summed E-state index contributed by atoms with van der Waals surface area (Å²) >= 11 is 0. The van der Waals surface area contributed by atoms with E-state index in [1.807, 2.05) is 0 Å². The summed E-state index contributed by atoms with van der Waals surface area (Å²) in [4.78, 5) is 17.3. The molecular weight excluding hydrogens is 130 g/mol. The molecule has 0 saturated heterocycles. The van der Waals surface area contributed by atoms with Gasteiger partial charge in [-0.25, -0.2) is 4.98 Å². The molecule has 1 heterocycles. The van der Waals surface area contributed by atoms with Crippen LogP contribution >= 0.6 is 0 Å². The fourth-order valence-electron chi connectivity index (χ4n) is 0.667. The molecule has 10 heavy (non-hydrogen) atoms. The van der Waals surface area contributed by atoms with E-state index in [0.29, 0.717) is 17.2 Å². The molecule has 0 fully saturated rings. The summed E-state index contributed by atoms with van der Waals surface area (Å²) in [6.07, 6.45) is 0. The fraction of sp³-hybridized carbons (Fsp3) is 0.333. The van der Waals surface area contributed by atoms with E-state index in [-0.39, 0.29) is 5.56 Å². The lowest BCUT2D eigenvalue weighted by molar-refractivity contribution is 1.00. The van der Waals surface area contributed by atoms with Gasteiger partial charge in [-0.3, -0.25) is 4.79 Å². The molecule has 0 spiro atoms. The second kappa shape index (κ2) is 2.13. The molecule has 0 aromatic carbocycles. The van der Waals surface area contributed by atoms with Crippen molar-refractivity contribution in [3.8, 4) is 0 Å². The number of nitrogen functional groups attached to an aromatic ring is 1. The van der Waals surface area contributed by atoms with E-state index in [4.69, 9.17) is 5.73 Å². The predicted molar refractivity (Wildman–Crippen MR) is 38.7 cm³/mol. The first-order chi connectivity index (χ1) is 4.61. The number of nitrogens with one attached hydrogen (secondary N) is 1. The van der Waals surface area contributed by atoms with Crippen LogP contribution in [0, 0.1) is 13.8 Å². The van der Waals surface area contributed by atoms with E-state index >= 15 is 0 Å². The summed E-state index contributed by atoms with van der Waals surface area (Å²) < 4.78 is 0. The van der Waals surface area contributed by atoms with Gasteiger partial charge in [0.15, 0.2) is 0 Å². The first-order valence-electron chi connectivity index (χ1n) is 2.94. The molecule has 0 radical (unpaired) electrons. The van der Waals surface area contributed by atoms with Crippen molar-refractivity contribution < 1.29 is 0 Å². The van der Waals surface area contributed by atoms with Crippen molar-refractivity contribution in [2.75, 3.05) is 5.73 Å². The molecule has 0 bridgehead atoms. The third-order valence-electron chi connectivity index (χ3n) is 1.31. The van der Waals surface area contributed by atoms with E-state index in [1.165, 1.54) is 0 Å². The molecule has 54 valence electrons. The van der Waals surface area contributed by atoms with Gasteiger partial charge in [0.2, 0.25) is 0 Å². The lowest BCUT2D eigenvalue weighted by atomic mass is 10.3. The smallest absolute Gasteiger partial charge is 0.255 e. The third kappa shape index (κ3) is 1.00. The topological polar surface area (TPSA) is 71.8 Å². The van der Waals surface area contributed by atoms with E-state index in [0.717, 1.165) is 0 Å². The lowest BCUT2D eigenvalue weighted by Gasteiger charge is -1.97. The van der Waals surface area contributed by atoms with Crippen molar-refractivity contribution in [1.82, 2.24) is 9.97 Å². The van der Waals surface area contributed by atoms with Crippen molar-refractivity contribution in [3.05, 3.63) is 21.7 Å². The van der Waals surface area contributed by atoms with Crippen LogP contribution in [0.15, 0.2) is 4.79 Å². The maximum atomic E-state index is 10.9. The Morgan fingerprint density at radius 3 is 2.60 bits per heavy atom. The van der Waals surface area contributed by atoms with Crippen molar-refractivity contribution >= 4 is 5.82 Å². The fourth-order valence-corrected chi connectivity index (χ4v) is 0.667. The lowest BCUT2D eigenvalue weighted by Crippen LogP contribution is -2.15. The molecule has 1 rings (SSSR count). The second-order valence-corrected chi connectivity index (χ2v) is 2.16. The molecule has 1 aromatic heterocycles. The van der Waals surface area contributed by atoms with Gasteiger partial charge in [-0.2, -0.15) is 0 Å². The molecule has 1 aromatic rings. The molecule has 0 aliphatic rings. The molecule has 0 aliphatic carbocycles. The molecular formula is C6H9N3O. The van der Waals surface area contributed by atoms with E-state index in [2.05, 4.69) is 9.97 Å². The average Bonchev–Trinajstić information content (AvgIpc) is 1.82. The van der Waals surface area contributed by atoms with Crippen LogP contribution in [0.25, 0.3) is 0 Å². The second-order valence-electron chi connectivity index (χ2n) is 2.16. The normalized spacial score (nSPS) is 9.80. The summed E-state index contributed by atoms with van der Waals surface area (Å²) in [5.41, 5.74) is 5.71. The van der Waals surface area contributed by atoms with Gasteiger partial charge in [-0.15, -0.1) is 0 Å². The minimum absolute atomic E-state index is 0.162. The largest absolute Gasteiger partial charge is 0.383 e. The van der Waals surface area contributed by atoms with Gasteiger partial charge in [-0.05, 0) is 13.8 Å². The first kappa shape index (κ1) is 6.80. The van der Waals surface area contributed by atoms with Gasteiger partial charge in [0.25, 0.3) is 5.56 Å². The first-order valence-corrected chi connectivity index (χ1v) is 2.94. The van der Waals surface area contributed by atoms with E-state index in [1.54, 1.807) is 13.8 Å². The zero-order chi connectivity index (χ0) is 7.72. The molecule has 0 aliphatic heterocycles. The molecule has 0 saturated carbocycles. The van der Waals surface area contributed by atoms with Gasteiger partial charge >= 0.3 is 0 Å². The Morgan fingerprint density at radius 2 is 2.10 bits per heavy atom. The van der Waals surface area contributed by atoms with Crippen LogP contribution < -0.4 is 11.3 Å². The molecule has 3 N–H and O–H groups in total. The van der Waals surface area contributed by atoms with Gasteiger partial charge < -0.3 is 10.7 Å². The number of aromatic nitrogens is 2. The Bertz CT molecular complexity index is 302. The van der Waals surface area contributed by atoms with Crippen LogP contribution in [0.2, 0.25) is 0 Å². The summed E-state index contributed by atoms with van der Waals surface area (Å²) in [7, 11) is 0. The number of anilines is 1. The highest BCUT2D eigenvalue weighted by Crippen LogP contribution is 1.97. The van der Waals surface area contributed by atoms with E-state index < -0.39 is 0 Å². The minimum Gasteiger partial charge on any atom is -0.383 e. The zero-order valence-corrected chi connectivity index (χ0v) is 5.93. The van der Waals surface area contributed by atoms with Gasteiger partial charge in [0, 0.05) is 0 Å². The monoisotopic (exact) mass is 139 g/mol.